The number of hydrogen-bond acceptors (Lipinski definition) is 3. The van der Waals surface area contributed by atoms with E-state index in [1.807, 2.05) is 12.1 Å². The highest BCUT2D eigenvalue weighted by molar-refractivity contribution is 6.07. The highest BCUT2D eigenvalue weighted by Crippen LogP contribution is 2.45. The summed E-state index contributed by atoms with van der Waals surface area (Å²) in [5.41, 5.74) is 8.72. The van der Waals surface area contributed by atoms with Crippen LogP contribution in [0, 0.1) is 0 Å². The molecule has 0 fully saturated rings. The van der Waals surface area contributed by atoms with Gasteiger partial charge in [0, 0.05) is 45.5 Å². The number of benzene rings is 7. The van der Waals surface area contributed by atoms with Crippen LogP contribution in [0.5, 0.6) is 5.75 Å². The zero-order valence-corrected chi connectivity index (χ0v) is 24.5. The van der Waals surface area contributed by atoms with Crippen molar-refractivity contribution in [1.29, 1.82) is 0 Å². The third-order valence-corrected chi connectivity index (χ3v) is 7.93. The fourth-order valence-electron chi connectivity index (χ4n) is 5.94. The van der Waals surface area contributed by atoms with Gasteiger partial charge in [0.2, 0.25) is 0 Å². The Morgan fingerprint density at radius 2 is 0.795 bits per heavy atom. The zero-order chi connectivity index (χ0) is 29.7. The Labute approximate surface area is 258 Å². The third-order valence-electron chi connectivity index (χ3n) is 7.93. The molecule has 0 atom stereocenters. The summed E-state index contributed by atoms with van der Waals surface area (Å²) in [5, 5.41) is 2.33. The highest BCUT2D eigenvalue weighted by Gasteiger charge is 2.20. The molecule has 0 saturated heterocycles. The smallest absolute Gasteiger partial charge is 0.128 e. The van der Waals surface area contributed by atoms with E-state index in [4.69, 9.17) is 4.74 Å². The Hall–Kier alpha value is -5.80. The van der Waals surface area contributed by atoms with Gasteiger partial charge in [-0.15, -0.1) is 0 Å². The first kappa shape index (κ1) is 27.1. The van der Waals surface area contributed by atoms with Crippen molar-refractivity contribution in [2.24, 2.45) is 0 Å². The molecule has 0 N–H and O–H groups in total. The van der Waals surface area contributed by atoms with Crippen LogP contribution in [0.2, 0.25) is 0 Å². The molecule has 0 amide bonds. The number of rotatable bonds is 8. The van der Waals surface area contributed by atoms with Crippen LogP contribution < -0.4 is 14.5 Å². The molecule has 0 spiro atoms. The summed E-state index contributed by atoms with van der Waals surface area (Å²) in [5.74, 6) is 0.820. The number of anilines is 6. The molecule has 7 aromatic rings. The predicted molar refractivity (Wildman–Crippen MR) is 185 cm³/mol. The summed E-state index contributed by atoms with van der Waals surface area (Å²) in [6.45, 7) is 0. The van der Waals surface area contributed by atoms with Gasteiger partial charge < -0.3 is 14.5 Å². The van der Waals surface area contributed by atoms with Crippen LogP contribution in [-0.4, -0.2) is 7.11 Å². The molecule has 7 aromatic carbocycles. The van der Waals surface area contributed by atoms with Gasteiger partial charge in [0.1, 0.15) is 5.75 Å². The van der Waals surface area contributed by atoms with Crippen molar-refractivity contribution >= 4 is 44.9 Å². The first-order valence-electron chi connectivity index (χ1n) is 14.8. The van der Waals surface area contributed by atoms with E-state index in [0.717, 1.165) is 56.4 Å². The van der Waals surface area contributed by atoms with E-state index in [9.17, 15) is 0 Å². The monoisotopic (exact) mass is 568 g/mol. The Bertz CT molecular complexity index is 1910. The number of hydrogen-bond donors (Lipinski definition) is 0. The summed E-state index contributed by atoms with van der Waals surface area (Å²) >= 11 is 0. The lowest BCUT2D eigenvalue weighted by Crippen LogP contribution is -2.10. The second-order valence-electron chi connectivity index (χ2n) is 10.6. The molecule has 0 radical (unpaired) electrons. The maximum absolute atomic E-state index is 6.09. The van der Waals surface area contributed by atoms with E-state index in [1.165, 1.54) is 5.39 Å². The summed E-state index contributed by atoms with van der Waals surface area (Å²) in [6, 6.07) is 61.5. The van der Waals surface area contributed by atoms with Crippen molar-refractivity contribution < 1.29 is 4.74 Å². The van der Waals surface area contributed by atoms with E-state index in [0.29, 0.717) is 0 Å². The molecule has 3 heteroatoms. The van der Waals surface area contributed by atoms with Crippen LogP contribution in [0.25, 0.3) is 21.9 Å². The van der Waals surface area contributed by atoms with Gasteiger partial charge in [-0.05, 0) is 77.7 Å². The van der Waals surface area contributed by atoms with Gasteiger partial charge in [0.25, 0.3) is 0 Å². The molecule has 7 rings (SSSR count). The van der Waals surface area contributed by atoms with Crippen molar-refractivity contribution in [3.05, 3.63) is 176 Å². The lowest BCUT2D eigenvalue weighted by Gasteiger charge is -2.28. The largest absolute Gasteiger partial charge is 0.496 e. The SMILES string of the molecule is COc1cc(N(c2ccccc2)c2ccccc2)ccc1-c1ccc(N(c2ccccc2)c2ccccc2)c2ccccc12. The molecule has 0 aliphatic carbocycles. The van der Waals surface area contributed by atoms with Gasteiger partial charge in [-0.1, -0.05) is 103 Å². The molecular weight excluding hydrogens is 536 g/mol. The number of nitrogens with zero attached hydrogens (tertiary/aromatic N) is 2. The normalized spacial score (nSPS) is 10.8. The summed E-state index contributed by atoms with van der Waals surface area (Å²) in [7, 11) is 1.75. The topological polar surface area (TPSA) is 15.7 Å². The van der Waals surface area contributed by atoms with Crippen LogP contribution >= 0.6 is 0 Å². The van der Waals surface area contributed by atoms with Crippen molar-refractivity contribution in [2.45, 2.75) is 0 Å². The predicted octanol–water partition coefficient (Wildman–Crippen LogP) is 11.5. The first-order valence-corrected chi connectivity index (χ1v) is 14.8. The van der Waals surface area contributed by atoms with Crippen molar-refractivity contribution in [3.63, 3.8) is 0 Å². The standard InChI is InChI=1S/C41H32N2O/c1-44-41-30-35(42(31-16-6-2-7-17-31)32-18-8-3-9-19-32)26-27-39(41)37-28-29-40(38-25-15-14-24-36(37)38)43(33-20-10-4-11-21-33)34-22-12-5-13-23-34/h2-30H,1H3. The van der Waals surface area contributed by atoms with Gasteiger partial charge in [-0.2, -0.15) is 0 Å². The molecule has 0 saturated carbocycles. The van der Waals surface area contributed by atoms with E-state index in [-0.39, 0.29) is 0 Å². The molecular formula is C41H32N2O. The maximum Gasteiger partial charge on any atom is 0.128 e. The van der Waals surface area contributed by atoms with Gasteiger partial charge >= 0.3 is 0 Å². The second kappa shape index (κ2) is 12.2. The lowest BCUT2D eigenvalue weighted by atomic mass is 9.95. The summed E-state index contributed by atoms with van der Waals surface area (Å²) in [4.78, 5) is 4.58. The highest BCUT2D eigenvalue weighted by atomic mass is 16.5. The molecule has 0 aromatic heterocycles. The Balaban J connectivity index is 1.37. The summed E-state index contributed by atoms with van der Waals surface area (Å²) < 4.78 is 6.09. The molecule has 44 heavy (non-hydrogen) atoms. The fraction of sp³-hybridized carbons (Fsp3) is 0.0244. The minimum Gasteiger partial charge on any atom is -0.496 e. The fourth-order valence-corrected chi connectivity index (χ4v) is 5.94. The third kappa shape index (κ3) is 5.16. The number of para-hydroxylation sites is 4. The Kier molecular flexibility index (Phi) is 7.51. The van der Waals surface area contributed by atoms with Crippen molar-refractivity contribution in [1.82, 2.24) is 0 Å². The first-order chi connectivity index (χ1) is 21.8. The van der Waals surface area contributed by atoms with Crippen molar-refractivity contribution in [2.75, 3.05) is 16.9 Å². The van der Waals surface area contributed by atoms with Gasteiger partial charge in [0.15, 0.2) is 0 Å². The average Bonchev–Trinajstić information content (AvgIpc) is 3.10. The Morgan fingerprint density at radius 1 is 0.364 bits per heavy atom. The van der Waals surface area contributed by atoms with Crippen LogP contribution in [0.1, 0.15) is 0 Å². The van der Waals surface area contributed by atoms with Crippen molar-refractivity contribution in [3.8, 4) is 16.9 Å². The van der Waals surface area contributed by atoms with Crippen LogP contribution in [0.4, 0.5) is 34.1 Å². The minimum absolute atomic E-state index is 0.820. The molecule has 0 unspecified atom stereocenters. The molecule has 0 bridgehead atoms. The Morgan fingerprint density at radius 3 is 1.30 bits per heavy atom. The van der Waals surface area contributed by atoms with Gasteiger partial charge in [-0.25, -0.2) is 0 Å². The van der Waals surface area contributed by atoms with Crippen LogP contribution in [-0.2, 0) is 0 Å². The number of fused-ring (bicyclic) bond motifs is 1. The van der Waals surface area contributed by atoms with E-state index < -0.39 is 0 Å². The number of ether oxygens (including phenoxy) is 1. The lowest BCUT2D eigenvalue weighted by molar-refractivity contribution is 0.416. The van der Waals surface area contributed by atoms with Gasteiger partial charge in [-0.3, -0.25) is 0 Å². The number of methoxy groups -OCH3 is 1. The van der Waals surface area contributed by atoms with Crippen LogP contribution in [0.3, 0.4) is 0 Å². The molecule has 0 aliphatic rings. The van der Waals surface area contributed by atoms with E-state index >= 15 is 0 Å². The second-order valence-corrected chi connectivity index (χ2v) is 10.6. The zero-order valence-electron chi connectivity index (χ0n) is 24.5. The van der Waals surface area contributed by atoms with Gasteiger partial charge in [0.05, 0.1) is 12.8 Å². The summed E-state index contributed by atoms with van der Waals surface area (Å²) in [6.07, 6.45) is 0. The molecule has 212 valence electrons. The maximum atomic E-state index is 6.09. The quantitative estimate of drug-likeness (QED) is 0.181. The minimum atomic E-state index is 0.820. The van der Waals surface area contributed by atoms with Crippen LogP contribution in [0.15, 0.2) is 176 Å². The molecule has 3 nitrogen and oxygen atoms in total. The van der Waals surface area contributed by atoms with E-state index in [1.54, 1.807) is 7.11 Å². The average molecular weight is 569 g/mol. The molecule has 0 aliphatic heterocycles. The molecule has 0 heterocycles. The van der Waals surface area contributed by atoms with E-state index in [2.05, 4.69) is 174 Å².